The molecule has 0 aliphatic heterocycles. The van der Waals surface area contributed by atoms with Crippen LogP contribution in [0.4, 0.5) is 0 Å². The van der Waals surface area contributed by atoms with E-state index in [9.17, 15) is 0 Å². The van der Waals surface area contributed by atoms with Gasteiger partial charge in [0.05, 0.1) is 23.3 Å². The summed E-state index contributed by atoms with van der Waals surface area (Å²) in [5, 5.41) is 17.9. The summed E-state index contributed by atoms with van der Waals surface area (Å²) in [5.74, 6) is 0. The summed E-state index contributed by atoms with van der Waals surface area (Å²) in [6.07, 6.45) is 0. The van der Waals surface area contributed by atoms with Gasteiger partial charge in [0.2, 0.25) is 0 Å². The van der Waals surface area contributed by atoms with Crippen molar-refractivity contribution in [2.24, 2.45) is 11.5 Å². The quantitative estimate of drug-likeness (QED) is 0.688. The van der Waals surface area contributed by atoms with Gasteiger partial charge in [0.25, 0.3) is 0 Å². The van der Waals surface area contributed by atoms with E-state index in [0.29, 0.717) is 11.1 Å². The highest BCUT2D eigenvalue weighted by Gasteiger charge is 2.37. The molecule has 1 aliphatic carbocycles. The minimum Gasteiger partial charge on any atom is -0.306 e. The lowest BCUT2D eigenvalue weighted by atomic mass is 9.97. The molecule has 0 fully saturated rings. The van der Waals surface area contributed by atoms with Crippen LogP contribution >= 0.6 is 0 Å². The molecule has 2 aromatic rings. The van der Waals surface area contributed by atoms with Crippen LogP contribution in [0.5, 0.6) is 0 Å². The van der Waals surface area contributed by atoms with Gasteiger partial charge in [-0.15, -0.1) is 0 Å². The van der Waals surface area contributed by atoms with Gasteiger partial charge in [0, 0.05) is 0 Å². The number of hydrogen-bond donors (Lipinski definition) is 2. The molecular weight excluding hydrogens is 236 g/mol. The highest BCUT2D eigenvalue weighted by atomic mass is 15.0. The molecule has 0 bridgehead atoms. The molecule has 0 heterocycles. The van der Waals surface area contributed by atoms with E-state index in [2.05, 4.69) is 12.1 Å². The Labute approximate surface area is 110 Å². The number of rotatable bonds is 0. The summed E-state index contributed by atoms with van der Waals surface area (Å²) >= 11 is 0. The maximum Gasteiger partial charge on any atom is 0.118 e. The van der Waals surface area contributed by atoms with Gasteiger partial charge >= 0.3 is 0 Å². The average Bonchev–Trinajstić information content (AvgIpc) is 2.67. The molecular formula is C15H10N4. The van der Waals surface area contributed by atoms with Crippen LogP contribution in [0.15, 0.2) is 36.4 Å². The number of nitrogens with zero attached hydrogens (tertiary/aromatic N) is 2. The van der Waals surface area contributed by atoms with Crippen LogP contribution < -0.4 is 11.5 Å². The SMILES string of the molecule is N#Cc1ccc2c(c1)C(N)(N)c1cc(C#N)ccc1-2. The second kappa shape index (κ2) is 3.66. The number of nitrogens with two attached hydrogens (primary N) is 2. The first-order chi connectivity index (χ1) is 9.07. The largest absolute Gasteiger partial charge is 0.306 e. The predicted octanol–water partition coefficient (Wildman–Crippen LogP) is 1.53. The first-order valence-corrected chi connectivity index (χ1v) is 5.75. The Bertz CT molecular complexity index is 710. The molecule has 0 saturated heterocycles. The average molecular weight is 246 g/mol. The number of fused-ring (bicyclic) bond motifs is 3. The zero-order chi connectivity index (χ0) is 13.6. The van der Waals surface area contributed by atoms with E-state index in [1.165, 1.54) is 0 Å². The van der Waals surface area contributed by atoms with Crippen molar-refractivity contribution in [2.75, 3.05) is 0 Å². The van der Waals surface area contributed by atoms with Crippen LogP contribution in [0.3, 0.4) is 0 Å². The monoisotopic (exact) mass is 246 g/mol. The van der Waals surface area contributed by atoms with Crippen LogP contribution in [0.25, 0.3) is 11.1 Å². The maximum atomic E-state index is 8.96. The van der Waals surface area contributed by atoms with Gasteiger partial charge in [-0.2, -0.15) is 10.5 Å². The molecule has 4 N–H and O–H groups in total. The minimum atomic E-state index is -1.16. The number of hydrogen-bond acceptors (Lipinski definition) is 4. The van der Waals surface area contributed by atoms with Crippen molar-refractivity contribution in [2.45, 2.75) is 5.66 Å². The number of nitriles is 2. The molecule has 0 amide bonds. The molecule has 90 valence electrons. The molecule has 1 aliphatic rings. The Kier molecular flexibility index (Phi) is 2.20. The van der Waals surface area contributed by atoms with Gasteiger partial charge in [0.1, 0.15) is 5.66 Å². The van der Waals surface area contributed by atoms with Gasteiger partial charge < -0.3 is 11.5 Å². The molecule has 2 aromatic carbocycles. The van der Waals surface area contributed by atoms with Crippen molar-refractivity contribution in [3.05, 3.63) is 58.7 Å². The summed E-state index contributed by atoms with van der Waals surface area (Å²) in [6, 6.07) is 14.8. The lowest BCUT2D eigenvalue weighted by Crippen LogP contribution is -2.45. The maximum absolute atomic E-state index is 8.96. The second-order valence-corrected chi connectivity index (χ2v) is 4.61. The molecule has 0 atom stereocenters. The van der Waals surface area contributed by atoms with E-state index in [1.807, 2.05) is 12.1 Å². The summed E-state index contributed by atoms with van der Waals surface area (Å²) in [4.78, 5) is 0. The Morgan fingerprint density at radius 1 is 0.789 bits per heavy atom. The molecule has 0 unspecified atom stereocenters. The fraction of sp³-hybridized carbons (Fsp3) is 0.0667. The van der Waals surface area contributed by atoms with Crippen molar-refractivity contribution >= 4 is 0 Å². The second-order valence-electron chi connectivity index (χ2n) is 4.61. The van der Waals surface area contributed by atoms with Crippen LogP contribution in [0.1, 0.15) is 22.3 Å². The molecule has 0 spiro atoms. The van der Waals surface area contributed by atoms with Crippen LogP contribution in [-0.4, -0.2) is 0 Å². The standard InChI is InChI=1S/C15H10N4/c16-7-9-1-3-11-12-4-2-10(8-17)6-14(12)15(18,19)13(11)5-9/h1-6H,18-19H2. The van der Waals surface area contributed by atoms with Gasteiger partial charge in [-0.3, -0.25) is 0 Å². The Morgan fingerprint density at radius 2 is 1.21 bits per heavy atom. The first-order valence-electron chi connectivity index (χ1n) is 5.75. The van der Waals surface area contributed by atoms with Gasteiger partial charge in [-0.1, -0.05) is 12.1 Å². The van der Waals surface area contributed by atoms with Crippen molar-refractivity contribution in [1.82, 2.24) is 0 Å². The highest BCUT2D eigenvalue weighted by molar-refractivity contribution is 5.81. The zero-order valence-corrected chi connectivity index (χ0v) is 10.0. The predicted molar refractivity (Wildman–Crippen MR) is 70.5 cm³/mol. The topological polar surface area (TPSA) is 99.6 Å². The molecule has 4 heteroatoms. The van der Waals surface area contributed by atoms with Gasteiger partial charge in [-0.25, -0.2) is 0 Å². The van der Waals surface area contributed by atoms with Crippen molar-refractivity contribution in [3.8, 4) is 23.3 Å². The van der Waals surface area contributed by atoms with E-state index in [-0.39, 0.29) is 0 Å². The third kappa shape index (κ3) is 1.45. The molecule has 3 rings (SSSR count). The molecule has 19 heavy (non-hydrogen) atoms. The van der Waals surface area contributed by atoms with E-state index in [4.69, 9.17) is 22.0 Å². The van der Waals surface area contributed by atoms with Crippen molar-refractivity contribution < 1.29 is 0 Å². The molecule has 0 aromatic heterocycles. The third-order valence-electron chi connectivity index (χ3n) is 3.48. The molecule has 0 saturated carbocycles. The smallest absolute Gasteiger partial charge is 0.118 e. The third-order valence-corrected chi connectivity index (χ3v) is 3.48. The lowest BCUT2D eigenvalue weighted by Gasteiger charge is -2.21. The first kappa shape index (κ1) is 11.4. The van der Waals surface area contributed by atoms with E-state index in [1.54, 1.807) is 24.3 Å². The van der Waals surface area contributed by atoms with E-state index in [0.717, 1.165) is 22.3 Å². The Morgan fingerprint density at radius 3 is 1.58 bits per heavy atom. The fourth-order valence-electron chi connectivity index (χ4n) is 2.53. The Balaban J connectivity index is 2.33. The van der Waals surface area contributed by atoms with Crippen molar-refractivity contribution in [1.29, 1.82) is 10.5 Å². The lowest BCUT2D eigenvalue weighted by molar-refractivity contribution is 0.584. The zero-order valence-electron chi connectivity index (χ0n) is 10.0. The molecule has 0 radical (unpaired) electrons. The van der Waals surface area contributed by atoms with Crippen LogP contribution in [-0.2, 0) is 5.66 Å². The minimum absolute atomic E-state index is 0.521. The van der Waals surface area contributed by atoms with Gasteiger partial charge in [0.15, 0.2) is 0 Å². The summed E-state index contributed by atoms with van der Waals surface area (Å²) in [6.45, 7) is 0. The van der Waals surface area contributed by atoms with E-state index >= 15 is 0 Å². The summed E-state index contributed by atoms with van der Waals surface area (Å²) in [5.41, 5.74) is 15.6. The van der Waals surface area contributed by atoms with Gasteiger partial charge in [-0.05, 0) is 46.5 Å². The molecule has 4 nitrogen and oxygen atoms in total. The fourth-order valence-corrected chi connectivity index (χ4v) is 2.53. The summed E-state index contributed by atoms with van der Waals surface area (Å²) < 4.78 is 0. The highest BCUT2D eigenvalue weighted by Crippen LogP contribution is 2.43. The summed E-state index contributed by atoms with van der Waals surface area (Å²) in [7, 11) is 0. The number of benzene rings is 2. The Hall–Kier alpha value is -2.66. The van der Waals surface area contributed by atoms with Crippen LogP contribution in [0.2, 0.25) is 0 Å². The normalized spacial score (nSPS) is 14.1. The van der Waals surface area contributed by atoms with E-state index < -0.39 is 5.66 Å². The van der Waals surface area contributed by atoms with Crippen molar-refractivity contribution in [3.63, 3.8) is 0 Å². The van der Waals surface area contributed by atoms with Crippen LogP contribution in [0, 0.1) is 22.7 Å².